The van der Waals surface area contributed by atoms with E-state index in [4.69, 9.17) is 10.6 Å². The number of amidine groups is 1. The molecule has 0 saturated carbocycles. The first kappa shape index (κ1) is 8.66. The third-order valence-electron chi connectivity index (χ3n) is 1.33. The topological polar surface area (TPSA) is 84.4 Å². The highest BCUT2D eigenvalue weighted by Crippen LogP contribution is 2.03. The average Bonchev–Trinajstić information content (AvgIpc) is 2.04. The molecule has 66 valence electrons. The Morgan fingerprint density at radius 1 is 1.75 bits per heavy atom. The van der Waals surface area contributed by atoms with Gasteiger partial charge in [-0.05, 0) is 6.92 Å². The molecule has 0 fully saturated rings. The number of nitrogens with two attached hydrogens (primary N) is 1. The molecule has 0 spiro atoms. The van der Waals surface area contributed by atoms with Crippen LogP contribution >= 0.6 is 0 Å². The van der Waals surface area contributed by atoms with E-state index in [-0.39, 0.29) is 0 Å². The van der Waals surface area contributed by atoms with Crippen LogP contribution in [-0.2, 0) is 4.74 Å². The Morgan fingerprint density at radius 2 is 2.50 bits per heavy atom. The van der Waals surface area contributed by atoms with Crippen molar-refractivity contribution in [3.05, 3.63) is 11.8 Å². The molecule has 0 saturated heterocycles. The minimum absolute atomic E-state index is 0.393. The van der Waals surface area contributed by atoms with E-state index in [1.54, 1.807) is 13.2 Å². The van der Waals surface area contributed by atoms with Crippen LogP contribution in [0.4, 0.5) is 0 Å². The van der Waals surface area contributed by atoms with Crippen LogP contribution in [0.1, 0.15) is 6.92 Å². The molecule has 0 bridgehead atoms. The molecular weight excluding hydrogens is 158 g/mol. The Morgan fingerprint density at radius 3 is 3.08 bits per heavy atom. The molecule has 1 aliphatic heterocycles. The van der Waals surface area contributed by atoms with Crippen LogP contribution in [-0.4, -0.2) is 19.3 Å². The zero-order chi connectivity index (χ0) is 8.97. The number of rotatable bonds is 1. The minimum Gasteiger partial charge on any atom is -0.345 e. The third kappa shape index (κ3) is 2.03. The van der Waals surface area contributed by atoms with E-state index >= 15 is 0 Å². The second kappa shape index (κ2) is 3.82. The number of aliphatic imine (C=N–C) groups is 1. The second-order valence-corrected chi connectivity index (χ2v) is 2.26. The largest absolute Gasteiger partial charge is 0.345 e. The highest BCUT2D eigenvalue weighted by Gasteiger charge is 2.10. The monoisotopic (exact) mass is 169 g/mol. The van der Waals surface area contributed by atoms with Crippen molar-refractivity contribution < 1.29 is 4.74 Å². The summed E-state index contributed by atoms with van der Waals surface area (Å²) >= 11 is 0. The van der Waals surface area contributed by atoms with Crippen molar-refractivity contribution in [2.75, 3.05) is 7.11 Å². The Kier molecular flexibility index (Phi) is 2.76. The van der Waals surface area contributed by atoms with Crippen molar-refractivity contribution in [3.8, 4) is 0 Å². The van der Waals surface area contributed by atoms with Crippen molar-refractivity contribution in [1.82, 2.24) is 5.32 Å². The zero-order valence-electron chi connectivity index (χ0n) is 6.98. The Bertz CT molecular complexity index is 244. The highest BCUT2D eigenvalue weighted by molar-refractivity contribution is 5.94. The van der Waals surface area contributed by atoms with Crippen molar-refractivity contribution in [1.29, 1.82) is 0 Å². The molecule has 1 aliphatic rings. The van der Waals surface area contributed by atoms with Gasteiger partial charge < -0.3 is 15.9 Å². The lowest BCUT2D eigenvalue weighted by Gasteiger charge is -2.18. The van der Waals surface area contributed by atoms with Gasteiger partial charge in [-0.25, -0.2) is 4.99 Å². The number of nitrogens with one attached hydrogen (secondary N) is 1. The van der Waals surface area contributed by atoms with Crippen molar-refractivity contribution in [3.63, 3.8) is 0 Å². The molecule has 1 atom stereocenters. The quantitative estimate of drug-likeness (QED) is 0.333. The molecule has 1 unspecified atom stereocenters. The normalized spacial score (nSPS) is 23.3. The van der Waals surface area contributed by atoms with Crippen LogP contribution in [0.5, 0.6) is 0 Å². The summed E-state index contributed by atoms with van der Waals surface area (Å²) in [5.74, 6) is 5.34. The fourth-order valence-corrected chi connectivity index (χ4v) is 0.845. The molecule has 0 amide bonds. The number of ether oxygens (including phenoxy) is 1. The lowest BCUT2D eigenvalue weighted by atomic mass is 10.4. The molecule has 0 aromatic carbocycles. The SMILES string of the molecule is COC1N=C(N=NN)C=C(C)N1. The summed E-state index contributed by atoms with van der Waals surface area (Å²) in [5.41, 5.74) is 0.916. The number of allylic oxidation sites excluding steroid dienone is 1. The van der Waals surface area contributed by atoms with E-state index in [1.165, 1.54) is 0 Å². The van der Waals surface area contributed by atoms with Gasteiger partial charge in [-0.15, -0.1) is 5.11 Å². The van der Waals surface area contributed by atoms with Crippen molar-refractivity contribution >= 4 is 5.84 Å². The molecule has 0 aliphatic carbocycles. The summed E-state index contributed by atoms with van der Waals surface area (Å²) < 4.78 is 4.96. The number of hydrogen-bond donors (Lipinski definition) is 2. The predicted octanol–water partition coefficient (Wildman–Crippen LogP) is 0.148. The van der Waals surface area contributed by atoms with E-state index in [2.05, 4.69) is 20.6 Å². The van der Waals surface area contributed by atoms with E-state index in [0.717, 1.165) is 5.70 Å². The molecule has 0 aromatic rings. The van der Waals surface area contributed by atoms with Crippen molar-refractivity contribution in [2.24, 2.45) is 21.2 Å². The van der Waals surface area contributed by atoms with Gasteiger partial charge in [0.05, 0.1) is 0 Å². The van der Waals surface area contributed by atoms with E-state index in [0.29, 0.717) is 5.84 Å². The first-order valence-corrected chi connectivity index (χ1v) is 3.42. The third-order valence-corrected chi connectivity index (χ3v) is 1.33. The highest BCUT2D eigenvalue weighted by atomic mass is 16.5. The summed E-state index contributed by atoms with van der Waals surface area (Å²) in [7, 11) is 1.55. The Balaban J connectivity index is 2.76. The maximum Gasteiger partial charge on any atom is 0.227 e. The van der Waals surface area contributed by atoms with Gasteiger partial charge in [0.25, 0.3) is 0 Å². The van der Waals surface area contributed by atoms with Gasteiger partial charge in [0, 0.05) is 18.9 Å². The van der Waals surface area contributed by atoms with Crippen LogP contribution in [0, 0.1) is 0 Å². The number of nitrogens with zero attached hydrogens (tertiary/aromatic N) is 3. The first-order valence-electron chi connectivity index (χ1n) is 3.42. The van der Waals surface area contributed by atoms with Crippen LogP contribution in [0.15, 0.2) is 27.1 Å². The molecule has 6 heteroatoms. The molecule has 12 heavy (non-hydrogen) atoms. The van der Waals surface area contributed by atoms with Crippen LogP contribution in [0.2, 0.25) is 0 Å². The zero-order valence-corrected chi connectivity index (χ0v) is 6.98. The molecule has 1 heterocycles. The summed E-state index contributed by atoms with van der Waals surface area (Å²) in [4.78, 5) is 4.01. The molecule has 1 rings (SSSR count). The van der Waals surface area contributed by atoms with Crippen LogP contribution < -0.4 is 11.2 Å². The molecule has 6 nitrogen and oxygen atoms in total. The van der Waals surface area contributed by atoms with Gasteiger partial charge in [0.15, 0.2) is 5.84 Å². The van der Waals surface area contributed by atoms with Gasteiger partial charge in [0.2, 0.25) is 6.35 Å². The lowest BCUT2D eigenvalue weighted by molar-refractivity contribution is 0.0891. The summed E-state index contributed by atoms with van der Waals surface area (Å²) in [6.07, 6.45) is 1.33. The fraction of sp³-hybridized carbons (Fsp3) is 0.500. The minimum atomic E-state index is -0.393. The van der Waals surface area contributed by atoms with E-state index < -0.39 is 6.35 Å². The number of hydrogen-bond acceptors (Lipinski definition) is 5. The summed E-state index contributed by atoms with van der Waals surface area (Å²) in [6, 6.07) is 0. The fourth-order valence-electron chi connectivity index (χ4n) is 0.845. The van der Waals surface area contributed by atoms with Gasteiger partial charge in [0.1, 0.15) is 0 Å². The molecule has 3 N–H and O–H groups in total. The van der Waals surface area contributed by atoms with Gasteiger partial charge in [-0.2, -0.15) is 0 Å². The first-order chi connectivity index (χ1) is 5.76. The van der Waals surface area contributed by atoms with Gasteiger partial charge in [-0.1, -0.05) is 5.22 Å². The Hall–Kier alpha value is -1.43. The van der Waals surface area contributed by atoms with Crippen molar-refractivity contribution in [2.45, 2.75) is 13.3 Å². The van der Waals surface area contributed by atoms with Crippen LogP contribution in [0.25, 0.3) is 0 Å². The van der Waals surface area contributed by atoms with Gasteiger partial charge >= 0.3 is 0 Å². The standard InChI is InChI=1S/C6H11N5O/c1-4-3-5(10-11-7)9-6(8-4)12-2/h3,6,8H,1-2H3,(H2,7,9,10). The Labute approximate surface area is 70.2 Å². The van der Waals surface area contributed by atoms with E-state index in [1.807, 2.05) is 6.92 Å². The van der Waals surface area contributed by atoms with E-state index in [9.17, 15) is 0 Å². The van der Waals surface area contributed by atoms with Gasteiger partial charge in [-0.3, -0.25) is 0 Å². The second-order valence-electron chi connectivity index (χ2n) is 2.26. The summed E-state index contributed by atoms with van der Waals surface area (Å²) in [6.45, 7) is 1.88. The maximum absolute atomic E-state index is 4.96. The molecular formula is C6H11N5O. The number of methoxy groups -OCH3 is 1. The maximum atomic E-state index is 4.96. The molecule has 0 radical (unpaired) electrons. The average molecular weight is 169 g/mol. The smallest absolute Gasteiger partial charge is 0.227 e. The lowest BCUT2D eigenvalue weighted by Crippen LogP contribution is -2.31. The summed E-state index contributed by atoms with van der Waals surface area (Å²) in [5, 5.41) is 9.68. The molecule has 0 aromatic heterocycles. The predicted molar refractivity (Wildman–Crippen MR) is 44.2 cm³/mol. The van der Waals surface area contributed by atoms with Crippen LogP contribution in [0.3, 0.4) is 0 Å².